The molecule has 0 unspecified atom stereocenters. The first-order valence-corrected chi connectivity index (χ1v) is 7.33. The Balaban J connectivity index is 3.03. The van der Waals surface area contributed by atoms with Crippen LogP contribution in [0.3, 0.4) is 0 Å². The molecule has 0 aliphatic carbocycles. The lowest BCUT2D eigenvalue weighted by atomic mass is 10.3. The van der Waals surface area contributed by atoms with Crippen LogP contribution < -0.4 is 4.31 Å². The van der Waals surface area contributed by atoms with E-state index in [1.54, 1.807) is 24.3 Å². The first kappa shape index (κ1) is 13.0. The lowest BCUT2D eigenvalue weighted by Gasteiger charge is -2.22. The van der Waals surface area contributed by atoms with Crippen LogP contribution in [0.15, 0.2) is 30.3 Å². The van der Waals surface area contributed by atoms with Crippen molar-refractivity contribution in [3.8, 4) is 6.07 Å². The minimum absolute atomic E-state index is 0.152. The van der Waals surface area contributed by atoms with E-state index in [2.05, 4.69) is 15.9 Å². The van der Waals surface area contributed by atoms with Gasteiger partial charge in [-0.05, 0) is 12.1 Å². The summed E-state index contributed by atoms with van der Waals surface area (Å²) >= 11 is 2.95. The topological polar surface area (TPSA) is 61.2 Å². The smallest absolute Gasteiger partial charge is 0.245 e. The molecule has 86 valence electrons. The van der Waals surface area contributed by atoms with Gasteiger partial charge in [0.2, 0.25) is 10.0 Å². The fraction of sp³-hybridized carbons (Fsp3) is 0.300. The molecule has 0 bridgehead atoms. The number of rotatable bonds is 5. The Labute approximate surface area is 104 Å². The molecular formula is C10H11BrN2O2S. The van der Waals surface area contributed by atoms with Crippen LogP contribution >= 0.6 is 15.9 Å². The van der Waals surface area contributed by atoms with Gasteiger partial charge in [0.1, 0.15) is 4.66 Å². The highest BCUT2D eigenvalue weighted by atomic mass is 79.9. The zero-order valence-electron chi connectivity index (χ0n) is 8.51. The molecule has 6 heteroatoms. The van der Waals surface area contributed by atoms with Crippen molar-refractivity contribution in [1.29, 1.82) is 5.26 Å². The lowest BCUT2D eigenvalue weighted by Crippen LogP contribution is -2.32. The Morgan fingerprint density at radius 3 is 2.44 bits per heavy atom. The summed E-state index contributed by atoms with van der Waals surface area (Å²) in [6.07, 6.45) is 0.168. The number of benzene rings is 1. The highest BCUT2D eigenvalue weighted by molar-refractivity contribution is 9.10. The average molecular weight is 303 g/mol. The maximum Gasteiger partial charge on any atom is 0.245 e. The molecule has 0 amide bonds. The van der Waals surface area contributed by atoms with Crippen molar-refractivity contribution in [2.45, 2.75) is 6.42 Å². The second-order valence-corrected chi connectivity index (χ2v) is 6.23. The Hall–Kier alpha value is -1.06. The monoisotopic (exact) mass is 302 g/mol. The molecule has 1 rings (SSSR count). The average Bonchev–Trinajstić information content (AvgIpc) is 2.31. The molecule has 0 saturated carbocycles. The molecule has 0 atom stereocenters. The van der Waals surface area contributed by atoms with E-state index >= 15 is 0 Å². The molecule has 16 heavy (non-hydrogen) atoms. The largest absolute Gasteiger partial charge is 0.269 e. The second kappa shape index (κ2) is 5.87. The molecule has 0 aliphatic rings. The minimum atomic E-state index is -3.39. The molecular weight excluding hydrogens is 292 g/mol. The first-order valence-electron chi connectivity index (χ1n) is 4.60. The van der Waals surface area contributed by atoms with E-state index in [9.17, 15) is 8.42 Å². The van der Waals surface area contributed by atoms with Gasteiger partial charge in [0.05, 0.1) is 18.2 Å². The van der Waals surface area contributed by atoms with E-state index in [1.807, 2.05) is 12.1 Å². The van der Waals surface area contributed by atoms with Gasteiger partial charge in [-0.2, -0.15) is 5.26 Å². The Morgan fingerprint density at radius 1 is 1.31 bits per heavy atom. The number of nitriles is 1. The molecule has 1 aromatic rings. The third kappa shape index (κ3) is 3.22. The van der Waals surface area contributed by atoms with Gasteiger partial charge >= 0.3 is 0 Å². The van der Waals surface area contributed by atoms with E-state index < -0.39 is 10.0 Å². The number of hydrogen-bond acceptors (Lipinski definition) is 3. The predicted molar refractivity (Wildman–Crippen MR) is 66.7 cm³/mol. The Morgan fingerprint density at radius 2 is 1.94 bits per heavy atom. The molecule has 0 saturated heterocycles. The summed E-state index contributed by atoms with van der Waals surface area (Å²) in [6, 6.07) is 10.7. The van der Waals surface area contributed by atoms with Crippen molar-refractivity contribution < 1.29 is 8.42 Å². The summed E-state index contributed by atoms with van der Waals surface area (Å²) in [4.78, 5) is 0. The third-order valence-electron chi connectivity index (χ3n) is 1.94. The highest BCUT2D eigenvalue weighted by Crippen LogP contribution is 2.19. The standard InChI is InChI=1S/C10H11BrN2O2S/c11-9-16(14,15)13(8-4-7-12)10-5-2-1-3-6-10/h1-3,5-6H,4,8-9H2. The maximum atomic E-state index is 11.8. The maximum absolute atomic E-state index is 11.8. The lowest BCUT2D eigenvalue weighted by molar-refractivity contribution is 0.596. The van der Waals surface area contributed by atoms with Gasteiger partial charge in [-0.25, -0.2) is 8.42 Å². The van der Waals surface area contributed by atoms with Crippen LogP contribution in [0.2, 0.25) is 0 Å². The van der Waals surface area contributed by atoms with E-state index in [4.69, 9.17) is 5.26 Å². The van der Waals surface area contributed by atoms with Crippen molar-refractivity contribution in [3.05, 3.63) is 30.3 Å². The Kier molecular flexibility index (Phi) is 4.77. The molecule has 0 aromatic heterocycles. The molecule has 0 spiro atoms. The number of alkyl halides is 1. The predicted octanol–water partition coefficient (Wildman–Crippen LogP) is 2.09. The molecule has 0 N–H and O–H groups in total. The number of para-hydroxylation sites is 1. The molecule has 1 aromatic carbocycles. The molecule has 0 aliphatic heterocycles. The number of sulfonamides is 1. The number of hydrogen-bond donors (Lipinski definition) is 0. The number of halogens is 1. The van der Waals surface area contributed by atoms with Crippen LogP contribution in [-0.4, -0.2) is 19.6 Å². The van der Waals surface area contributed by atoms with Gasteiger partial charge in [-0.3, -0.25) is 4.31 Å². The highest BCUT2D eigenvalue weighted by Gasteiger charge is 2.20. The quantitative estimate of drug-likeness (QED) is 0.783. The van der Waals surface area contributed by atoms with E-state index in [0.29, 0.717) is 5.69 Å². The van der Waals surface area contributed by atoms with Crippen LogP contribution in [-0.2, 0) is 10.0 Å². The van der Waals surface area contributed by atoms with Crippen molar-refractivity contribution in [2.75, 3.05) is 15.5 Å². The second-order valence-electron chi connectivity index (χ2n) is 3.04. The SMILES string of the molecule is N#CCCN(c1ccccc1)S(=O)(=O)CBr. The van der Waals surface area contributed by atoms with Gasteiger partial charge < -0.3 is 0 Å². The number of nitrogens with zero attached hydrogens (tertiary/aromatic N) is 2. The van der Waals surface area contributed by atoms with Gasteiger partial charge in [0.25, 0.3) is 0 Å². The van der Waals surface area contributed by atoms with Crippen LogP contribution in [0.4, 0.5) is 5.69 Å². The summed E-state index contributed by atoms with van der Waals surface area (Å²) in [5.74, 6) is 0. The van der Waals surface area contributed by atoms with Crippen LogP contribution in [0, 0.1) is 11.3 Å². The van der Waals surface area contributed by atoms with E-state index in [-0.39, 0.29) is 17.6 Å². The number of anilines is 1. The molecule has 0 radical (unpaired) electrons. The zero-order chi connectivity index (χ0) is 12.0. The van der Waals surface area contributed by atoms with Crippen LogP contribution in [0.1, 0.15) is 6.42 Å². The zero-order valence-corrected chi connectivity index (χ0v) is 10.9. The Bertz CT molecular complexity index is 467. The van der Waals surface area contributed by atoms with Gasteiger partial charge in [0, 0.05) is 6.54 Å². The third-order valence-corrected chi connectivity index (χ3v) is 5.02. The summed E-state index contributed by atoms with van der Waals surface area (Å²) in [6.45, 7) is 0.175. The summed E-state index contributed by atoms with van der Waals surface area (Å²) in [7, 11) is -3.39. The van der Waals surface area contributed by atoms with Crippen molar-refractivity contribution in [2.24, 2.45) is 0 Å². The fourth-order valence-electron chi connectivity index (χ4n) is 1.23. The van der Waals surface area contributed by atoms with E-state index in [0.717, 1.165) is 0 Å². The van der Waals surface area contributed by atoms with Crippen LogP contribution in [0.5, 0.6) is 0 Å². The van der Waals surface area contributed by atoms with Gasteiger partial charge in [-0.1, -0.05) is 34.1 Å². The van der Waals surface area contributed by atoms with Crippen LogP contribution in [0.25, 0.3) is 0 Å². The van der Waals surface area contributed by atoms with Gasteiger partial charge in [0.15, 0.2) is 0 Å². The summed E-state index contributed by atoms with van der Waals surface area (Å²) in [5, 5.41) is 8.52. The normalized spacial score (nSPS) is 10.8. The molecule has 0 heterocycles. The fourth-order valence-corrected chi connectivity index (χ4v) is 2.91. The van der Waals surface area contributed by atoms with Gasteiger partial charge in [-0.15, -0.1) is 0 Å². The summed E-state index contributed by atoms with van der Waals surface area (Å²) < 4.78 is 24.6. The van der Waals surface area contributed by atoms with Crippen molar-refractivity contribution >= 4 is 31.6 Å². The van der Waals surface area contributed by atoms with E-state index in [1.165, 1.54) is 4.31 Å². The first-order chi connectivity index (χ1) is 7.61. The van der Waals surface area contributed by atoms with Crippen molar-refractivity contribution in [3.63, 3.8) is 0 Å². The molecule has 4 nitrogen and oxygen atoms in total. The van der Waals surface area contributed by atoms with Crippen molar-refractivity contribution in [1.82, 2.24) is 0 Å². The summed E-state index contributed by atoms with van der Waals surface area (Å²) in [5.41, 5.74) is 0.581. The minimum Gasteiger partial charge on any atom is -0.269 e. The molecule has 0 fully saturated rings.